The largest absolute Gasteiger partial charge is 0 e. The van der Waals surface area contributed by atoms with Crippen molar-refractivity contribution in [1.29, 1.82) is 0 Å². The van der Waals surface area contributed by atoms with Crippen LogP contribution in [0.1, 0.15) is 0 Å². The van der Waals surface area contributed by atoms with E-state index in [0.717, 1.165) is 0 Å². The van der Waals surface area contributed by atoms with Gasteiger partial charge in [0.25, 0.3) is 0 Å². The van der Waals surface area contributed by atoms with Crippen molar-refractivity contribution in [2.45, 2.75) is 0 Å². The molecular weight excluding hydrogens is 256 g/mol. The van der Waals surface area contributed by atoms with Crippen molar-refractivity contribution in [2.24, 2.45) is 0 Å². The molecule has 0 bridgehead atoms. The summed E-state index contributed by atoms with van der Waals surface area (Å²) in [7, 11) is 0. The molecule has 0 heterocycles. The maximum atomic E-state index is 0. The van der Waals surface area contributed by atoms with E-state index in [-0.39, 0.29) is 93.4 Å². The number of hydrogen-bond acceptors (Lipinski definition) is 0. The Morgan fingerprint density at radius 3 is 1.00 bits per heavy atom. The fourth-order valence-corrected chi connectivity index (χ4v) is 0. The first-order chi connectivity index (χ1) is 0. The SMILES string of the molecule is [Mg].[Nb].[Ti].[Zr]. The quantitative estimate of drug-likeness (QED) is 0.518. The van der Waals surface area contributed by atoms with Crippen molar-refractivity contribution in [3.63, 3.8) is 0 Å². The van der Waals surface area contributed by atoms with E-state index in [4.69, 9.17) is 0 Å². The molecule has 3 radical (unpaired) electrons. The second-order valence-corrected chi connectivity index (χ2v) is 0. The summed E-state index contributed by atoms with van der Waals surface area (Å²) in [5, 5.41) is 0. The molecule has 0 aliphatic rings. The number of rotatable bonds is 0. The zero-order chi connectivity index (χ0) is 0. The molecule has 0 N–H and O–H groups in total. The van der Waals surface area contributed by atoms with Crippen LogP contribution in [0.15, 0.2) is 0 Å². The van der Waals surface area contributed by atoms with E-state index < -0.39 is 0 Å². The average Bonchev–Trinajstić information content (AvgIpc) is 0. The zero-order valence-corrected chi connectivity index (χ0v) is 9.79. The minimum atomic E-state index is 0. The van der Waals surface area contributed by atoms with Crippen molar-refractivity contribution < 1.29 is 70.3 Å². The first kappa shape index (κ1) is 27.5. The predicted octanol–water partition coefficient (Wildman–Crippen LogP) is -0.388. The van der Waals surface area contributed by atoms with E-state index in [0.29, 0.717) is 0 Å². The molecule has 0 spiro atoms. The van der Waals surface area contributed by atoms with Crippen LogP contribution >= 0.6 is 0 Å². The summed E-state index contributed by atoms with van der Waals surface area (Å²) < 4.78 is 0. The van der Waals surface area contributed by atoms with E-state index in [1.807, 2.05) is 0 Å². The zero-order valence-electron chi connectivity index (χ0n) is 2.15. The van der Waals surface area contributed by atoms with E-state index in [9.17, 15) is 0 Å². The maximum Gasteiger partial charge on any atom is 0 e. The van der Waals surface area contributed by atoms with Crippen molar-refractivity contribution >= 4 is 23.1 Å². The van der Waals surface area contributed by atoms with Gasteiger partial charge in [0, 0.05) is 93.4 Å². The van der Waals surface area contributed by atoms with E-state index in [1.165, 1.54) is 0 Å². The van der Waals surface area contributed by atoms with E-state index in [1.54, 1.807) is 0 Å². The summed E-state index contributed by atoms with van der Waals surface area (Å²) in [4.78, 5) is 0. The minimum Gasteiger partial charge on any atom is 0 e. The van der Waals surface area contributed by atoms with Crippen LogP contribution in [0.4, 0.5) is 0 Å². The Morgan fingerprint density at radius 2 is 1.00 bits per heavy atom. The molecule has 0 nitrogen and oxygen atoms in total. The van der Waals surface area contributed by atoms with E-state index >= 15 is 0 Å². The van der Waals surface area contributed by atoms with Gasteiger partial charge in [-0.05, 0) is 0 Å². The molecule has 0 aliphatic heterocycles. The van der Waals surface area contributed by atoms with Crippen LogP contribution < -0.4 is 0 Å². The third-order valence-corrected chi connectivity index (χ3v) is 0. The second kappa shape index (κ2) is 16.5. The molecule has 4 heteroatoms. The molecule has 0 amide bonds. The molecule has 0 aromatic carbocycles. The number of hydrogen-bond donors (Lipinski definition) is 0. The molecule has 0 saturated heterocycles. The standard InChI is InChI=1S/Mg.Nb.Ti.Zr. The molecule has 15 valence electrons. The first-order valence-electron chi connectivity index (χ1n) is 0. The molecule has 0 rings (SSSR count). The van der Waals surface area contributed by atoms with Gasteiger partial charge in [0.1, 0.15) is 0 Å². The van der Waals surface area contributed by atoms with Crippen molar-refractivity contribution in [1.82, 2.24) is 0 Å². The van der Waals surface area contributed by atoms with Gasteiger partial charge in [-0.2, -0.15) is 0 Å². The van der Waals surface area contributed by atoms with Gasteiger partial charge in [-0.15, -0.1) is 0 Å². The maximum absolute atomic E-state index is 0. The van der Waals surface area contributed by atoms with Gasteiger partial charge in [0.2, 0.25) is 0 Å². The molecule has 4 heavy (non-hydrogen) atoms. The molecule has 0 unspecified atom stereocenters. The summed E-state index contributed by atoms with van der Waals surface area (Å²) in [6.45, 7) is 0. The Hall–Kier alpha value is 3.10. The molecule has 0 fully saturated rings. The fourth-order valence-electron chi connectivity index (χ4n) is 0. The second-order valence-electron chi connectivity index (χ2n) is 0. The van der Waals surface area contributed by atoms with Crippen molar-refractivity contribution in [3.8, 4) is 0 Å². The molecule has 0 saturated carbocycles. The molecule has 0 atom stereocenters. The van der Waals surface area contributed by atoms with Crippen LogP contribution in [0.2, 0.25) is 0 Å². The minimum absolute atomic E-state index is 0. The van der Waals surface area contributed by atoms with Crippen LogP contribution in [0.5, 0.6) is 0 Å². The summed E-state index contributed by atoms with van der Waals surface area (Å²) in [5.41, 5.74) is 0. The van der Waals surface area contributed by atoms with Gasteiger partial charge in [0.15, 0.2) is 0 Å². The third-order valence-electron chi connectivity index (χ3n) is 0. The Balaban J connectivity index is 0. The van der Waals surface area contributed by atoms with Crippen molar-refractivity contribution in [2.75, 3.05) is 0 Å². The molecule has 0 aliphatic carbocycles. The Morgan fingerprint density at radius 1 is 1.00 bits per heavy atom. The fraction of sp³-hybridized carbons (Fsp3) is 0. The van der Waals surface area contributed by atoms with Gasteiger partial charge in [-0.3, -0.25) is 0 Å². The van der Waals surface area contributed by atoms with Gasteiger partial charge >= 0.3 is 0 Å². The van der Waals surface area contributed by atoms with Crippen LogP contribution in [0.3, 0.4) is 0 Å². The summed E-state index contributed by atoms with van der Waals surface area (Å²) >= 11 is 0. The average molecular weight is 256 g/mol. The monoisotopic (exact) mass is 255 g/mol. The van der Waals surface area contributed by atoms with Gasteiger partial charge in [-0.25, -0.2) is 0 Å². The van der Waals surface area contributed by atoms with Crippen LogP contribution in [0, 0.1) is 0 Å². The third kappa shape index (κ3) is 8.92. The normalized spacial score (nSPS) is 0. The Bertz CT molecular complexity index is 8.00. The summed E-state index contributed by atoms with van der Waals surface area (Å²) in [6.07, 6.45) is 0. The topological polar surface area (TPSA) is 0 Å². The van der Waals surface area contributed by atoms with Crippen molar-refractivity contribution in [3.05, 3.63) is 0 Å². The van der Waals surface area contributed by atoms with Crippen LogP contribution in [-0.2, 0) is 70.3 Å². The first-order valence-corrected chi connectivity index (χ1v) is 0. The van der Waals surface area contributed by atoms with Gasteiger partial charge in [-0.1, -0.05) is 0 Å². The van der Waals surface area contributed by atoms with Crippen LogP contribution in [0.25, 0.3) is 0 Å². The Labute approximate surface area is 91.5 Å². The summed E-state index contributed by atoms with van der Waals surface area (Å²) in [5.74, 6) is 0. The molecular formula is MgNbTiZr. The smallest absolute Gasteiger partial charge is 0 e. The predicted molar refractivity (Wildman–Crippen MR) is 5.75 cm³/mol. The molecule has 0 aromatic heterocycles. The van der Waals surface area contributed by atoms with Gasteiger partial charge < -0.3 is 0 Å². The molecule has 0 aromatic rings. The summed E-state index contributed by atoms with van der Waals surface area (Å²) in [6, 6.07) is 0. The van der Waals surface area contributed by atoms with E-state index in [2.05, 4.69) is 0 Å². The Kier molecular flexibility index (Phi) is 113. The van der Waals surface area contributed by atoms with Crippen LogP contribution in [-0.4, -0.2) is 23.1 Å². The van der Waals surface area contributed by atoms with Gasteiger partial charge in [0.05, 0.1) is 0 Å².